The molecule has 0 N–H and O–H groups in total. The molecule has 1 saturated heterocycles. The molecule has 0 aliphatic carbocycles. The summed E-state index contributed by atoms with van der Waals surface area (Å²) in [6, 6.07) is 7.55. The second-order valence-corrected chi connectivity index (χ2v) is 7.55. The van der Waals surface area contributed by atoms with Crippen LogP contribution in [0.25, 0.3) is 0 Å². The van der Waals surface area contributed by atoms with Crippen LogP contribution < -0.4 is 4.74 Å². The Hall–Kier alpha value is -2.24. The molecule has 0 unspecified atom stereocenters. The monoisotopic (exact) mass is 348 g/mol. The Morgan fingerprint density at radius 3 is 1.84 bits per heavy atom. The third-order valence-corrected chi connectivity index (χ3v) is 3.94. The van der Waals surface area contributed by atoms with Crippen LogP contribution in [0, 0.1) is 0 Å². The number of carbonyl (C=O) groups excluding carboxylic acids is 2. The summed E-state index contributed by atoms with van der Waals surface area (Å²) in [4.78, 5) is 27.5. The summed E-state index contributed by atoms with van der Waals surface area (Å²) in [6.07, 6.45) is -0.731. The first-order valence-electron chi connectivity index (χ1n) is 8.70. The molecule has 1 aliphatic heterocycles. The minimum Gasteiger partial charge on any atom is -0.444 e. The van der Waals surface area contributed by atoms with E-state index >= 15 is 0 Å². The lowest BCUT2D eigenvalue weighted by atomic mass is 10.0. The molecule has 2 amide bonds. The van der Waals surface area contributed by atoms with Gasteiger partial charge in [0.25, 0.3) is 0 Å². The normalized spacial score (nSPS) is 15.3. The predicted molar refractivity (Wildman–Crippen MR) is 95.9 cm³/mol. The molecule has 1 fully saturated rings. The van der Waals surface area contributed by atoms with Gasteiger partial charge in [-0.3, -0.25) is 0 Å². The molecule has 0 saturated carbocycles. The molecule has 0 radical (unpaired) electrons. The first-order chi connectivity index (χ1) is 11.7. The van der Waals surface area contributed by atoms with Crippen molar-refractivity contribution in [2.75, 3.05) is 26.2 Å². The zero-order chi connectivity index (χ0) is 18.6. The first-order valence-corrected chi connectivity index (χ1v) is 8.70. The van der Waals surface area contributed by atoms with Crippen LogP contribution in [-0.4, -0.2) is 53.8 Å². The average molecular weight is 348 g/mol. The fraction of sp³-hybridized carbons (Fsp3) is 0.579. The van der Waals surface area contributed by atoms with Gasteiger partial charge in [0.2, 0.25) is 0 Å². The highest BCUT2D eigenvalue weighted by Crippen LogP contribution is 2.19. The molecule has 0 atom stereocenters. The van der Waals surface area contributed by atoms with Crippen LogP contribution in [-0.2, 0) is 4.74 Å². The Balaban J connectivity index is 1.84. The van der Waals surface area contributed by atoms with Gasteiger partial charge in [0.05, 0.1) is 0 Å². The number of hydrogen-bond acceptors (Lipinski definition) is 4. The molecule has 0 bridgehead atoms. The molecule has 138 valence electrons. The number of benzene rings is 1. The van der Waals surface area contributed by atoms with Gasteiger partial charge in [-0.1, -0.05) is 26.0 Å². The van der Waals surface area contributed by atoms with Crippen molar-refractivity contribution in [3.05, 3.63) is 29.8 Å². The molecular weight excluding hydrogens is 320 g/mol. The second-order valence-electron chi connectivity index (χ2n) is 7.55. The Morgan fingerprint density at radius 2 is 1.40 bits per heavy atom. The van der Waals surface area contributed by atoms with Crippen LogP contribution in [0.2, 0.25) is 0 Å². The molecule has 0 spiro atoms. The molecule has 1 aliphatic rings. The fourth-order valence-corrected chi connectivity index (χ4v) is 2.48. The Kier molecular flexibility index (Phi) is 5.93. The summed E-state index contributed by atoms with van der Waals surface area (Å²) in [5, 5.41) is 0. The zero-order valence-electron chi connectivity index (χ0n) is 15.7. The number of rotatable bonds is 2. The number of hydrogen-bond donors (Lipinski definition) is 0. The topological polar surface area (TPSA) is 59.1 Å². The number of piperazine rings is 1. The van der Waals surface area contributed by atoms with Crippen LogP contribution in [0.4, 0.5) is 9.59 Å². The van der Waals surface area contributed by atoms with Gasteiger partial charge in [-0.25, -0.2) is 9.59 Å². The van der Waals surface area contributed by atoms with Crippen molar-refractivity contribution in [1.82, 2.24) is 9.80 Å². The van der Waals surface area contributed by atoms with E-state index in [4.69, 9.17) is 9.47 Å². The molecule has 25 heavy (non-hydrogen) atoms. The summed E-state index contributed by atoms with van der Waals surface area (Å²) in [5.41, 5.74) is 0.681. The Bertz CT molecular complexity index is 597. The summed E-state index contributed by atoms with van der Waals surface area (Å²) >= 11 is 0. The summed E-state index contributed by atoms with van der Waals surface area (Å²) in [5.74, 6) is 0.967. The molecule has 6 nitrogen and oxygen atoms in total. The molecule has 1 heterocycles. The molecule has 6 heteroatoms. The van der Waals surface area contributed by atoms with E-state index in [1.807, 2.05) is 45.0 Å². The van der Waals surface area contributed by atoms with Gasteiger partial charge in [-0.15, -0.1) is 0 Å². The summed E-state index contributed by atoms with van der Waals surface area (Å²) in [6.45, 7) is 11.5. The number of amides is 2. The van der Waals surface area contributed by atoms with Gasteiger partial charge in [-0.05, 0) is 44.4 Å². The van der Waals surface area contributed by atoms with Crippen LogP contribution in [0.15, 0.2) is 24.3 Å². The van der Waals surface area contributed by atoms with Crippen LogP contribution in [0.1, 0.15) is 46.1 Å². The standard InChI is InChI=1S/C19H28N2O4/c1-14(2)15-6-8-16(9-7-15)24-17(22)20-10-12-21(13-11-20)18(23)25-19(3,4)5/h6-9,14H,10-13H2,1-5H3. The third-order valence-electron chi connectivity index (χ3n) is 3.94. The van der Waals surface area contributed by atoms with Crippen LogP contribution in [0.3, 0.4) is 0 Å². The van der Waals surface area contributed by atoms with Gasteiger partial charge in [0.15, 0.2) is 0 Å². The highest BCUT2D eigenvalue weighted by Gasteiger charge is 2.28. The van der Waals surface area contributed by atoms with Gasteiger partial charge in [0, 0.05) is 26.2 Å². The third kappa shape index (κ3) is 5.66. The minimum absolute atomic E-state index is 0.343. The molecule has 1 aromatic carbocycles. The van der Waals surface area contributed by atoms with E-state index in [9.17, 15) is 9.59 Å². The number of nitrogens with zero attached hydrogens (tertiary/aromatic N) is 2. The van der Waals surface area contributed by atoms with E-state index in [0.29, 0.717) is 37.8 Å². The van der Waals surface area contributed by atoms with Gasteiger partial charge in [0.1, 0.15) is 11.4 Å². The maximum atomic E-state index is 12.3. The Labute approximate surface area is 149 Å². The molecule has 0 aromatic heterocycles. The second kappa shape index (κ2) is 7.76. The van der Waals surface area contributed by atoms with E-state index in [1.165, 1.54) is 5.56 Å². The minimum atomic E-state index is -0.519. The van der Waals surface area contributed by atoms with Crippen molar-refractivity contribution in [2.45, 2.75) is 46.1 Å². The van der Waals surface area contributed by atoms with Crippen molar-refractivity contribution >= 4 is 12.2 Å². The fourth-order valence-electron chi connectivity index (χ4n) is 2.48. The molecule has 2 rings (SSSR count). The summed E-state index contributed by atoms with van der Waals surface area (Å²) < 4.78 is 10.8. The SMILES string of the molecule is CC(C)c1ccc(OC(=O)N2CCN(C(=O)OC(C)(C)C)CC2)cc1. The maximum Gasteiger partial charge on any atom is 0.415 e. The lowest BCUT2D eigenvalue weighted by Crippen LogP contribution is -2.52. The maximum absolute atomic E-state index is 12.3. The van der Waals surface area contributed by atoms with Gasteiger partial charge >= 0.3 is 12.2 Å². The highest BCUT2D eigenvalue weighted by atomic mass is 16.6. The predicted octanol–water partition coefficient (Wildman–Crippen LogP) is 3.86. The van der Waals surface area contributed by atoms with E-state index in [0.717, 1.165) is 0 Å². The van der Waals surface area contributed by atoms with E-state index < -0.39 is 5.60 Å². The number of ether oxygens (including phenoxy) is 2. The quantitative estimate of drug-likeness (QED) is 0.814. The highest BCUT2D eigenvalue weighted by molar-refractivity contribution is 5.72. The largest absolute Gasteiger partial charge is 0.444 e. The van der Waals surface area contributed by atoms with Crippen molar-refractivity contribution in [3.8, 4) is 5.75 Å². The molecular formula is C19H28N2O4. The smallest absolute Gasteiger partial charge is 0.415 e. The summed E-state index contributed by atoms with van der Waals surface area (Å²) in [7, 11) is 0. The van der Waals surface area contributed by atoms with E-state index in [-0.39, 0.29) is 12.2 Å². The van der Waals surface area contributed by atoms with Crippen molar-refractivity contribution in [1.29, 1.82) is 0 Å². The first kappa shape index (κ1) is 19.1. The average Bonchev–Trinajstić information content (AvgIpc) is 2.54. The van der Waals surface area contributed by atoms with Crippen LogP contribution >= 0.6 is 0 Å². The zero-order valence-corrected chi connectivity index (χ0v) is 15.7. The van der Waals surface area contributed by atoms with Gasteiger partial charge < -0.3 is 19.3 Å². The van der Waals surface area contributed by atoms with Crippen molar-refractivity contribution in [3.63, 3.8) is 0 Å². The van der Waals surface area contributed by atoms with E-state index in [2.05, 4.69) is 13.8 Å². The van der Waals surface area contributed by atoms with Crippen LogP contribution in [0.5, 0.6) is 5.75 Å². The lowest BCUT2D eigenvalue weighted by molar-refractivity contribution is 0.0154. The van der Waals surface area contributed by atoms with Crippen molar-refractivity contribution < 1.29 is 19.1 Å². The number of carbonyl (C=O) groups is 2. The van der Waals surface area contributed by atoms with E-state index in [1.54, 1.807) is 9.80 Å². The van der Waals surface area contributed by atoms with Gasteiger partial charge in [-0.2, -0.15) is 0 Å². The van der Waals surface area contributed by atoms with Crippen molar-refractivity contribution in [2.24, 2.45) is 0 Å². The molecule has 1 aromatic rings. The Morgan fingerprint density at radius 1 is 0.920 bits per heavy atom. The lowest BCUT2D eigenvalue weighted by Gasteiger charge is -2.35.